The monoisotopic (exact) mass is 280 g/mol. The summed E-state index contributed by atoms with van der Waals surface area (Å²) in [4.78, 5) is 33.2. The van der Waals surface area contributed by atoms with Gasteiger partial charge in [0.1, 0.15) is 12.3 Å². The van der Waals surface area contributed by atoms with Crippen LogP contribution in [0.25, 0.3) is 0 Å². The molecule has 3 N–H and O–H groups in total. The molecule has 0 heterocycles. The molecule has 0 saturated heterocycles. The first-order valence-corrected chi connectivity index (χ1v) is 6.02. The Bertz CT molecular complexity index is 484. The standard InChI is InChI=1S/C13H16N2O5/c1-2-20-10-5-3-9(4-6-10)13(19)15-7-11(16)14-8-12(17)18/h3-6H,2,7-8H2,1H3,(H,14,16)(H,15,19)(H,17,18). The number of carboxylic acid groups (broad SMARTS) is 1. The Balaban J connectivity index is 2.42. The van der Waals surface area contributed by atoms with Gasteiger partial charge in [-0.1, -0.05) is 0 Å². The van der Waals surface area contributed by atoms with Crippen LogP contribution in [0.2, 0.25) is 0 Å². The first-order valence-electron chi connectivity index (χ1n) is 6.02. The Morgan fingerprint density at radius 3 is 2.30 bits per heavy atom. The normalized spacial score (nSPS) is 9.65. The molecule has 1 aromatic rings. The van der Waals surface area contributed by atoms with Crippen LogP contribution in [0.3, 0.4) is 0 Å². The molecule has 0 aromatic heterocycles. The third kappa shape index (κ3) is 5.38. The number of carbonyl (C=O) groups excluding carboxylic acids is 2. The van der Waals surface area contributed by atoms with E-state index in [0.717, 1.165) is 0 Å². The van der Waals surface area contributed by atoms with E-state index in [4.69, 9.17) is 9.84 Å². The Morgan fingerprint density at radius 1 is 1.10 bits per heavy atom. The lowest BCUT2D eigenvalue weighted by Crippen LogP contribution is -2.38. The number of rotatable bonds is 7. The molecule has 0 unspecified atom stereocenters. The maximum Gasteiger partial charge on any atom is 0.322 e. The Kier molecular flexibility index (Phi) is 6.02. The molecule has 0 aliphatic carbocycles. The van der Waals surface area contributed by atoms with Gasteiger partial charge in [0.05, 0.1) is 13.2 Å². The van der Waals surface area contributed by atoms with Gasteiger partial charge in [-0.2, -0.15) is 0 Å². The second-order valence-corrected chi connectivity index (χ2v) is 3.81. The summed E-state index contributed by atoms with van der Waals surface area (Å²) in [5.74, 6) is -1.47. The minimum Gasteiger partial charge on any atom is -0.494 e. The van der Waals surface area contributed by atoms with Crippen LogP contribution in [0, 0.1) is 0 Å². The fourth-order valence-electron chi connectivity index (χ4n) is 1.37. The van der Waals surface area contributed by atoms with Crippen molar-refractivity contribution in [2.75, 3.05) is 19.7 Å². The molecule has 0 aliphatic heterocycles. The van der Waals surface area contributed by atoms with Gasteiger partial charge in [-0.15, -0.1) is 0 Å². The number of aliphatic carboxylic acids is 1. The zero-order valence-electron chi connectivity index (χ0n) is 11.0. The fourth-order valence-corrected chi connectivity index (χ4v) is 1.37. The molecule has 0 spiro atoms. The van der Waals surface area contributed by atoms with Crippen LogP contribution >= 0.6 is 0 Å². The van der Waals surface area contributed by atoms with Gasteiger partial charge in [0.25, 0.3) is 5.91 Å². The van der Waals surface area contributed by atoms with Crippen molar-refractivity contribution in [3.05, 3.63) is 29.8 Å². The number of carbonyl (C=O) groups is 3. The predicted octanol–water partition coefficient (Wildman–Crippen LogP) is 0.0159. The van der Waals surface area contributed by atoms with Crippen LogP contribution in [0.5, 0.6) is 5.75 Å². The van der Waals surface area contributed by atoms with Crippen molar-refractivity contribution in [1.82, 2.24) is 10.6 Å². The second kappa shape index (κ2) is 7.78. The van der Waals surface area contributed by atoms with Gasteiger partial charge < -0.3 is 20.5 Å². The summed E-state index contributed by atoms with van der Waals surface area (Å²) in [7, 11) is 0. The summed E-state index contributed by atoms with van der Waals surface area (Å²) in [6.45, 7) is 1.64. The van der Waals surface area contributed by atoms with Gasteiger partial charge in [0.15, 0.2) is 0 Å². The molecular weight excluding hydrogens is 264 g/mol. The maximum absolute atomic E-state index is 11.7. The molecule has 108 valence electrons. The van der Waals surface area contributed by atoms with Crippen LogP contribution in [-0.2, 0) is 9.59 Å². The highest BCUT2D eigenvalue weighted by Crippen LogP contribution is 2.11. The molecule has 7 heteroatoms. The molecule has 20 heavy (non-hydrogen) atoms. The molecule has 2 amide bonds. The average Bonchev–Trinajstić information content (AvgIpc) is 2.43. The second-order valence-electron chi connectivity index (χ2n) is 3.81. The number of nitrogens with one attached hydrogen (secondary N) is 2. The third-order valence-corrected chi connectivity index (χ3v) is 2.27. The largest absolute Gasteiger partial charge is 0.494 e. The number of ether oxygens (including phenoxy) is 1. The van der Waals surface area contributed by atoms with Crippen LogP contribution < -0.4 is 15.4 Å². The number of carboxylic acids is 1. The molecule has 0 fully saturated rings. The van der Waals surface area contributed by atoms with Crippen molar-refractivity contribution in [3.63, 3.8) is 0 Å². The molecule has 1 rings (SSSR count). The Labute approximate surface area is 115 Å². The highest BCUT2D eigenvalue weighted by atomic mass is 16.5. The molecule has 0 atom stereocenters. The van der Waals surface area contributed by atoms with Gasteiger partial charge in [-0.25, -0.2) is 0 Å². The number of benzene rings is 1. The van der Waals surface area contributed by atoms with Crippen molar-refractivity contribution in [3.8, 4) is 5.75 Å². The van der Waals surface area contributed by atoms with Crippen LogP contribution in [0.15, 0.2) is 24.3 Å². The average molecular weight is 280 g/mol. The van der Waals surface area contributed by atoms with Gasteiger partial charge in [-0.3, -0.25) is 14.4 Å². The highest BCUT2D eigenvalue weighted by molar-refractivity contribution is 5.96. The van der Waals surface area contributed by atoms with Crippen LogP contribution in [0.4, 0.5) is 0 Å². The zero-order chi connectivity index (χ0) is 15.0. The first kappa shape index (κ1) is 15.5. The van der Waals surface area contributed by atoms with Gasteiger partial charge >= 0.3 is 5.97 Å². The maximum atomic E-state index is 11.7. The summed E-state index contributed by atoms with van der Waals surface area (Å²) < 4.78 is 5.24. The quantitative estimate of drug-likeness (QED) is 0.653. The predicted molar refractivity (Wildman–Crippen MR) is 70.6 cm³/mol. The van der Waals surface area contributed by atoms with Gasteiger partial charge in [0, 0.05) is 5.56 Å². The molecule has 7 nitrogen and oxygen atoms in total. The summed E-state index contributed by atoms with van der Waals surface area (Å²) >= 11 is 0. The van der Waals surface area contributed by atoms with Crippen molar-refractivity contribution in [1.29, 1.82) is 0 Å². The smallest absolute Gasteiger partial charge is 0.322 e. The molecule has 0 saturated carbocycles. The Hall–Kier alpha value is -2.57. The third-order valence-electron chi connectivity index (χ3n) is 2.27. The number of hydrogen-bond donors (Lipinski definition) is 3. The molecule has 0 radical (unpaired) electrons. The number of amides is 2. The van der Waals surface area contributed by atoms with Crippen molar-refractivity contribution in [2.45, 2.75) is 6.92 Å². The van der Waals surface area contributed by atoms with Crippen molar-refractivity contribution < 1.29 is 24.2 Å². The summed E-state index contributed by atoms with van der Waals surface area (Å²) in [5.41, 5.74) is 0.388. The number of hydrogen-bond acceptors (Lipinski definition) is 4. The fraction of sp³-hybridized carbons (Fsp3) is 0.308. The minimum atomic E-state index is -1.14. The summed E-state index contributed by atoms with van der Waals surface area (Å²) in [6.07, 6.45) is 0. The van der Waals surface area contributed by atoms with Gasteiger partial charge in [-0.05, 0) is 31.2 Å². The van der Waals surface area contributed by atoms with E-state index in [2.05, 4.69) is 10.6 Å². The summed E-state index contributed by atoms with van der Waals surface area (Å²) in [6, 6.07) is 6.47. The lowest BCUT2D eigenvalue weighted by Gasteiger charge is -2.06. The topological polar surface area (TPSA) is 105 Å². The van der Waals surface area contributed by atoms with E-state index in [1.54, 1.807) is 24.3 Å². The summed E-state index contributed by atoms with van der Waals surface area (Å²) in [5, 5.41) is 12.9. The van der Waals surface area contributed by atoms with E-state index < -0.39 is 24.3 Å². The van der Waals surface area contributed by atoms with Crippen molar-refractivity contribution in [2.24, 2.45) is 0 Å². The van der Waals surface area contributed by atoms with E-state index in [9.17, 15) is 14.4 Å². The van der Waals surface area contributed by atoms with E-state index in [1.807, 2.05) is 6.92 Å². The van der Waals surface area contributed by atoms with E-state index >= 15 is 0 Å². The lowest BCUT2D eigenvalue weighted by atomic mass is 10.2. The SMILES string of the molecule is CCOc1ccc(C(=O)NCC(=O)NCC(=O)O)cc1. The first-order chi connectivity index (χ1) is 9.52. The van der Waals surface area contributed by atoms with Crippen LogP contribution in [0.1, 0.15) is 17.3 Å². The molecule has 1 aromatic carbocycles. The highest BCUT2D eigenvalue weighted by Gasteiger charge is 2.08. The minimum absolute atomic E-state index is 0.278. The lowest BCUT2D eigenvalue weighted by molar-refractivity contribution is -0.137. The van der Waals surface area contributed by atoms with E-state index in [0.29, 0.717) is 17.9 Å². The Morgan fingerprint density at radius 2 is 1.75 bits per heavy atom. The molecule has 0 aliphatic rings. The van der Waals surface area contributed by atoms with E-state index in [1.165, 1.54) is 0 Å². The van der Waals surface area contributed by atoms with Gasteiger partial charge in [0.2, 0.25) is 5.91 Å². The van der Waals surface area contributed by atoms with E-state index in [-0.39, 0.29) is 6.54 Å². The molecule has 0 bridgehead atoms. The van der Waals surface area contributed by atoms with Crippen LogP contribution in [-0.4, -0.2) is 42.6 Å². The molecular formula is C13H16N2O5. The van der Waals surface area contributed by atoms with Crippen molar-refractivity contribution >= 4 is 17.8 Å². The zero-order valence-corrected chi connectivity index (χ0v) is 11.0.